The smallest absolute Gasteiger partial charge is 0.302 e. The molecular weight excluding hydrogens is 224 g/mol. The van der Waals surface area contributed by atoms with E-state index in [1.807, 2.05) is 0 Å². The van der Waals surface area contributed by atoms with E-state index >= 15 is 0 Å². The summed E-state index contributed by atoms with van der Waals surface area (Å²) in [5.74, 6) is -0.203. The third-order valence-electron chi connectivity index (χ3n) is 2.34. The van der Waals surface area contributed by atoms with Crippen molar-refractivity contribution in [3.05, 3.63) is 36.5 Å². The van der Waals surface area contributed by atoms with Crippen molar-refractivity contribution in [2.45, 2.75) is 52.4 Å². The van der Waals surface area contributed by atoms with Gasteiger partial charge in [0.2, 0.25) is 0 Å². The number of unbranched alkanes of at least 4 members (excludes halogenated alkanes) is 2. The SMILES string of the molecule is CC/C=C\C/C=C\CCC/C=C\CCOC(C)=O. The van der Waals surface area contributed by atoms with Crippen LogP contribution in [0.1, 0.15) is 52.4 Å². The largest absolute Gasteiger partial charge is 0.466 e. The van der Waals surface area contributed by atoms with E-state index in [1.165, 1.54) is 13.3 Å². The Morgan fingerprint density at radius 3 is 2.22 bits per heavy atom. The fourth-order valence-corrected chi connectivity index (χ4v) is 1.42. The molecule has 0 unspecified atom stereocenters. The van der Waals surface area contributed by atoms with Gasteiger partial charge in [0.05, 0.1) is 6.61 Å². The summed E-state index contributed by atoms with van der Waals surface area (Å²) in [5, 5.41) is 0. The zero-order valence-corrected chi connectivity index (χ0v) is 11.7. The van der Waals surface area contributed by atoms with E-state index in [0.29, 0.717) is 6.61 Å². The number of carbonyl (C=O) groups excluding carboxylic acids is 1. The molecule has 0 aliphatic rings. The van der Waals surface area contributed by atoms with Gasteiger partial charge in [-0.05, 0) is 38.5 Å². The van der Waals surface area contributed by atoms with Gasteiger partial charge in [-0.3, -0.25) is 4.79 Å². The van der Waals surface area contributed by atoms with Gasteiger partial charge in [0.15, 0.2) is 0 Å². The average molecular weight is 250 g/mol. The molecule has 0 saturated heterocycles. The molecule has 0 radical (unpaired) electrons. The molecule has 0 spiro atoms. The Hall–Kier alpha value is -1.31. The van der Waals surface area contributed by atoms with Crippen molar-refractivity contribution in [3.63, 3.8) is 0 Å². The summed E-state index contributed by atoms with van der Waals surface area (Å²) >= 11 is 0. The molecule has 0 atom stereocenters. The van der Waals surface area contributed by atoms with Crippen LogP contribution in [0.4, 0.5) is 0 Å². The van der Waals surface area contributed by atoms with Crippen LogP contribution in [0.15, 0.2) is 36.5 Å². The van der Waals surface area contributed by atoms with Gasteiger partial charge in [0.1, 0.15) is 0 Å². The van der Waals surface area contributed by atoms with Gasteiger partial charge in [0.25, 0.3) is 0 Å². The van der Waals surface area contributed by atoms with Gasteiger partial charge in [-0.15, -0.1) is 0 Å². The fraction of sp³-hybridized carbons (Fsp3) is 0.562. The van der Waals surface area contributed by atoms with E-state index in [2.05, 4.69) is 43.4 Å². The van der Waals surface area contributed by atoms with Crippen LogP contribution < -0.4 is 0 Å². The Kier molecular flexibility index (Phi) is 12.8. The molecule has 0 saturated carbocycles. The molecule has 0 rings (SSSR count). The van der Waals surface area contributed by atoms with E-state index in [1.54, 1.807) is 0 Å². The van der Waals surface area contributed by atoms with Crippen LogP contribution >= 0.6 is 0 Å². The first-order valence-corrected chi connectivity index (χ1v) is 6.85. The summed E-state index contributed by atoms with van der Waals surface area (Å²) in [4.78, 5) is 10.5. The topological polar surface area (TPSA) is 26.3 Å². The normalized spacial score (nSPS) is 11.9. The molecule has 0 aliphatic heterocycles. The minimum atomic E-state index is -0.203. The van der Waals surface area contributed by atoms with Crippen LogP contribution in [0, 0.1) is 0 Å². The molecule has 0 aromatic carbocycles. The fourth-order valence-electron chi connectivity index (χ4n) is 1.42. The van der Waals surface area contributed by atoms with Crippen LogP contribution in [0.25, 0.3) is 0 Å². The molecule has 0 aromatic rings. The summed E-state index contributed by atoms with van der Waals surface area (Å²) in [5.41, 5.74) is 0. The van der Waals surface area contributed by atoms with Gasteiger partial charge < -0.3 is 4.74 Å². The number of ether oxygens (including phenoxy) is 1. The monoisotopic (exact) mass is 250 g/mol. The predicted molar refractivity (Wildman–Crippen MR) is 77.4 cm³/mol. The molecule has 0 fully saturated rings. The van der Waals surface area contributed by atoms with Crippen molar-refractivity contribution < 1.29 is 9.53 Å². The van der Waals surface area contributed by atoms with Crippen LogP contribution in [-0.2, 0) is 9.53 Å². The first kappa shape index (κ1) is 16.7. The maximum Gasteiger partial charge on any atom is 0.302 e. The second kappa shape index (κ2) is 13.8. The Balaban J connectivity index is 3.26. The number of carbonyl (C=O) groups is 1. The number of rotatable bonds is 10. The maximum atomic E-state index is 10.5. The quantitative estimate of drug-likeness (QED) is 0.322. The van der Waals surface area contributed by atoms with Crippen LogP contribution in [0.3, 0.4) is 0 Å². The molecule has 0 heterocycles. The summed E-state index contributed by atoms with van der Waals surface area (Å²) < 4.78 is 4.83. The highest BCUT2D eigenvalue weighted by atomic mass is 16.5. The molecule has 102 valence electrons. The lowest BCUT2D eigenvalue weighted by molar-refractivity contribution is -0.140. The Morgan fingerprint density at radius 1 is 0.944 bits per heavy atom. The highest BCUT2D eigenvalue weighted by Crippen LogP contribution is 2.00. The maximum absolute atomic E-state index is 10.5. The third kappa shape index (κ3) is 14.7. The first-order chi connectivity index (χ1) is 8.77. The molecule has 0 aliphatic carbocycles. The Morgan fingerprint density at radius 2 is 1.56 bits per heavy atom. The number of hydrogen-bond acceptors (Lipinski definition) is 2. The molecule has 2 heteroatoms. The van der Waals surface area contributed by atoms with Gasteiger partial charge in [-0.1, -0.05) is 43.4 Å². The zero-order valence-electron chi connectivity index (χ0n) is 11.7. The lowest BCUT2D eigenvalue weighted by atomic mass is 10.2. The lowest BCUT2D eigenvalue weighted by Gasteiger charge is -1.96. The predicted octanol–water partition coefficient (Wildman–Crippen LogP) is 4.58. The lowest BCUT2D eigenvalue weighted by Crippen LogP contribution is -1.98. The van der Waals surface area contributed by atoms with E-state index < -0.39 is 0 Å². The van der Waals surface area contributed by atoms with E-state index in [9.17, 15) is 4.79 Å². The van der Waals surface area contributed by atoms with Crippen molar-refractivity contribution in [1.82, 2.24) is 0 Å². The second-order valence-electron chi connectivity index (χ2n) is 4.12. The molecule has 0 amide bonds. The van der Waals surface area contributed by atoms with Crippen LogP contribution in [0.5, 0.6) is 0 Å². The van der Waals surface area contributed by atoms with Gasteiger partial charge in [-0.25, -0.2) is 0 Å². The highest BCUT2D eigenvalue weighted by Gasteiger charge is 1.88. The summed E-state index contributed by atoms with van der Waals surface area (Å²) in [6, 6.07) is 0. The van der Waals surface area contributed by atoms with Crippen molar-refractivity contribution >= 4 is 5.97 Å². The highest BCUT2D eigenvalue weighted by molar-refractivity contribution is 5.65. The Bertz CT molecular complexity index is 275. The number of esters is 1. The van der Waals surface area contributed by atoms with Gasteiger partial charge in [-0.2, -0.15) is 0 Å². The summed E-state index contributed by atoms with van der Waals surface area (Å²) in [6.07, 6.45) is 19.5. The number of allylic oxidation sites excluding steroid dienone is 5. The molecule has 0 N–H and O–H groups in total. The van der Waals surface area contributed by atoms with E-state index in [-0.39, 0.29) is 5.97 Å². The molecule has 0 aromatic heterocycles. The van der Waals surface area contributed by atoms with Crippen LogP contribution in [0.2, 0.25) is 0 Å². The van der Waals surface area contributed by atoms with E-state index in [4.69, 9.17) is 4.74 Å². The number of hydrogen-bond donors (Lipinski definition) is 0. The molecule has 2 nitrogen and oxygen atoms in total. The zero-order chi connectivity index (χ0) is 13.5. The van der Waals surface area contributed by atoms with Crippen molar-refractivity contribution in [2.24, 2.45) is 0 Å². The molecule has 18 heavy (non-hydrogen) atoms. The molecule has 0 bridgehead atoms. The van der Waals surface area contributed by atoms with E-state index in [0.717, 1.165) is 32.1 Å². The molecular formula is C16H26O2. The van der Waals surface area contributed by atoms with Crippen molar-refractivity contribution in [3.8, 4) is 0 Å². The van der Waals surface area contributed by atoms with Gasteiger partial charge >= 0.3 is 5.97 Å². The first-order valence-electron chi connectivity index (χ1n) is 6.85. The third-order valence-corrected chi connectivity index (χ3v) is 2.34. The standard InChI is InChI=1S/C16H26O2/c1-3-4-5-6-7-8-9-10-11-12-13-14-15-18-16(2)17/h4-5,7-8,12-13H,3,6,9-11,14-15H2,1-2H3/b5-4-,8-7-,13-12-. The van der Waals surface area contributed by atoms with Gasteiger partial charge in [0, 0.05) is 6.92 Å². The van der Waals surface area contributed by atoms with Crippen LogP contribution in [-0.4, -0.2) is 12.6 Å². The second-order valence-corrected chi connectivity index (χ2v) is 4.12. The average Bonchev–Trinajstić information content (AvgIpc) is 2.34. The van der Waals surface area contributed by atoms with Crippen molar-refractivity contribution in [1.29, 1.82) is 0 Å². The minimum absolute atomic E-state index is 0.203. The summed E-state index contributed by atoms with van der Waals surface area (Å²) in [7, 11) is 0. The minimum Gasteiger partial charge on any atom is -0.466 e. The van der Waals surface area contributed by atoms with Crippen molar-refractivity contribution in [2.75, 3.05) is 6.61 Å². The summed E-state index contributed by atoms with van der Waals surface area (Å²) in [6.45, 7) is 4.08. The Labute approximate surface area is 111 Å².